The SMILES string of the molecule is CCCN1C(C)=NS(=O)(=O)c2cc(C(=O)NCCCN3CCOCC3)ccc21. The van der Waals surface area contributed by atoms with Crippen LogP contribution in [0.5, 0.6) is 0 Å². The number of carbonyl (C=O) groups excluding carboxylic acids is 1. The van der Waals surface area contributed by atoms with E-state index < -0.39 is 10.0 Å². The van der Waals surface area contributed by atoms with Gasteiger partial charge >= 0.3 is 0 Å². The van der Waals surface area contributed by atoms with Gasteiger partial charge in [0.2, 0.25) is 0 Å². The normalized spacial score (nSPS) is 19.1. The Morgan fingerprint density at radius 1 is 1.25 bits per heavy atom. The molecule has 3 rings (SSSR count). The minimum Gasteiger partial charge on any atom is -0.379 e. The highest BCUT2D eigenvalue weighted by Gasteiger charge is 2.29. The van der Waals surface area contributed by atoms with E-state index in [2.05, 4.69) is 14.6 Å². The number of nitrogens with one attached hydrogen (secondary N) is 1. The quantitative estimate of drug-likeness (QED) is 0.687. The molecule has 0 aliphatic carbocycles. The van der Waals surface area contributed by atoms with Crippen molar-refractivity contribution in [2.75, 3.05) is 50.8 Å². The number of sulfonamides is 1. The van der Waals surface area contributed by atoms with Crippen molar-refractivity contribution in [3.05, 3.63) is 23.8 Å². The number of nitrogens with zero attached hydrogens (tertiary/aromatic N) is 3. The summed E-state index contributed by atoms with van der Waals surface area (Å²) in [5.74, 6) is 0.183. The maximum absolute atomic E-state index is 12.5. The van der Waals surface area contributed by atoms with Crippen molar-refractivity contribution < 1.29 is 17.9 Å². The van der Waals surface area contributed by atoms with Crippen molar-refractivity contribution in [3.8, 4) is 0 Å². The second-order valence-corrected chi connectivity index (χ2v) is 8.58. The average molecular weight is 409 g/mol. The van der Waals surface area contributed by atoms with Gasteiger partial charge in [-0.3, -0.25) is 9.69 Å². The van der Waals surface area contributed by atoms with Crippen LogP contribution < -0.4 is 10.2 Å². The van der Waals surface area contributed by atoms with Crippen LogP contribution in [0, 0.1) is 0 Å². The second-order valence-electron chi connectivity index (χ2n) is 7.01. The van der Waals surface area contributed by atoms with Gasteiger partial charge in [0.05, 0.1) is 18.9 Å². The lowest BCUT2D eigenvalue weighted by atomic mass is 10.1. The summed E-state index contributed by atoms with van der Waals surface area (Å²) in [5, 5.41) is 2.88. The lowest BCUT2D eigenvalue weighted by Gasteiger charge is -2.29. The van der Waals surface area contributed by atoms with E-state index in [1.807, 2.05) is 11.8 Å². The standard InChI is InChI=1S/C19H28N4O4S/c1-3-8-23-15(2)21-28(25,26)18-14-16(5-6-17(18)23)19(24)20-7-4-9-22-10-12-27-13-11-22/h5-6,14H,3-4,7-13H2,1-2H3,(H,20,24). The molecule has 1 saturated heterocycles. The number of ether oxygens (including phenoxy) is 1. The molecule has 1 amide bonds. The Balaban J connectivity index is 1.65. The van der Waals surface area contributed by atoms with E-state index in [-0.39, 0.29) is 10.8 Å². The largest absolute Gasteiger partial charge is 0.379 e. The Bertz CT molecular complexity index is 847. The van der Waals surface area contributed by atoms with Crippen LogP contribution in [0.4, 0.5) is 5.69 Å². The van der Waals surface area contributed by atoms with Crippen molar-refractivity contribution >= 4 is 27.5 Å². The number of benzene rings is 1. The van der Waals surface area contributed by atoms with Gasteiger partial charge in [-0.15, -0.1) is 4.40 Å². The van der Waals surface area contributed by atoms with Crippen LogP contribution in [-0.4, -0.2) is 71.0 Å². The Labute approximate surface area is 166 Å². The van der Waals surface area contributed by atoms with E-state index in [0.29, 0.717) is 30.2 Å². The van der Waals surface area contributed by atoms with Gasteiger partial charge in [-0.2, -0.15) is 8.42 Å². The number of amides is 1. The van der Waals surface area contributed by atoms with Crippen LogP contribution in [0.15, 0.2) is 27.5 Å². The van der Waals surface area contributed by atoms with Gasteiger partial charge in [-0.25, -0.2) is 0 Å². The third-order valence-corrected chi connectivity index (χ3v) is 6.31. The molecule has 2 heterocycles. The number of carbonyl (C=O) groups is 1. The molecular weight excluding hydrogens is 380 g/mol. The first-order valence-corrected chi connectivity index (χ1v) is 11.2. The Morgan fingerprint density at radius 2 is 2.00 bits per heavy atom. The number of morpholine rings is 1. The zero-order chi connectivity index (χ0) is 20.1. The average Bonchev–Trinajstić information content (AvgIpc) is 2.68. The first-order valence-electron chi connectivity index (χ1n) is 9.74. The fraction of sp³-hybridized carbons (Fsp3) is 0.579. The van der Waals surface area contributed by atoms with Crippen molar-refractivity contribution in [3.63, 3.8) is 0 Å². The summed E-state index contributed by atoms with van der Waals surface area (Å²) in [6.45, 7) is 9.18. The van der Waals surface area contributed by atoms with E-state index in [9.17, 15) is 13.2 Å². The van der Waals surface area contributed by atoms with Crippen LogP contribution in [0.1, 0.15) is 37.0 Å². The summed E-state index contributed by atoms with van der Waals surface area (Å²) in [6.07, 6.45) is 1.69. The van der Waals surface area contributed by atoms with Crippen molar-refractivity contribution in [2.24, 2.45) is 4.40 Å². The van der Waals surface area contributed by atoms with Crippen LogP contribution >= 0.6 is 0 Å². The molecule has 28 heavy (non-hydrogen) atoms. The number of fused-ring (bicyclic) bond motifs is 1. The smallest absolute Gasteiger partial charge is 0.286 e. The molecule has 2 aliphatic heterocycles. The monoisotopic (exact) mass is 408 g/mol. The van der Waals surface area contributed by atoms with Gasteiger partial charge in [0.1, 0.15) is 10.7 Å². The molecule has 0 bridgehead atoms. The number of hydrogen-bond acceptors (Lipinski definition) is 6. The molecule has 9 heteroatoms. The molecule has 1 aromatic rings. The number of anilines is 1. The molecule has 8 nitrogen and oxygen atoms in total. The zero-order valence-corrected chi connectivity index (χ0v) is 17.3. The molecule has 0 atom stereocenters. The Hall–Kier alpha value is -1.97. The lowest BCUT2D eigenvalue weighted by Crippen LogP contribution is -2.38. The van der Waals surface area contributed by atoms with Crippen molar-refractivity contribution in [2.45, 2.75) is 31.6 Å². The molecule has 0 aromatic heterocycles. The molecule has 1 aromatic carbocycles. The van der Waals surface area contributed by atoms with Gasteiger partial charge in [0.15, 0.2) is 0 Å². The highest BCUT2D eigenvalue weighted by atomic mass is 32.2. The van der Waals surface area contributed by atoms with Gasteiger partial charge in [-0.05, 0) is 44.5 Å². The fourth-order valence-electron chi connectivity index (χ4n) is 3.47. The van der Waals surface area contributed by atoms with Gasteiger partial charge in [-0.1, -0.05) is 6.92 Å². The molecule has 0 unspecified atom stereocenters. The predicted molar refractivity (Wildman–Crippen MR) is 109 cm³/mol. The third kappa shape index (κ3) is 4.71. The summed E-state index contributed by atoms with van der Waals surface area (Å²) in [5.41, 5.74) is 0.915. The summed E-state index contributed by atoms with van der Waals surface area (Å²) < 4.78 is 34.1. The maximum Gasteiger partial charge on any atom is 0.286 e. The van der Waals surface area contributed by atoms with E-state index in [1.165, 1.54) is 6.07 Å². The summed E-state index contributed by atoms with van der Waals surface area (Å²) in [7, 11) is -3.79. The minimum atomic E-state index is -3.79. The van der Waals surface area contributed by atoms with Gasteiger partial charge in [0.25, 0.3) is 15.9 Å². The fourth-order valence-corrected chi connectivity index (χ4v) is 4.73. The van der Waals surface area contributed by atoms with Crippen LogP contribution in [-0.2, 0) is 14.8 Å². The molecule has 1 fully saturated rings. The second kappa shape index (κ2) is 9.02. The first kappa shape index (κ1) is 20.8. The molecule has 0 radical (unpaired) electrons. The van der Waals surface area contributed by atoms with Crippen LogP contribution in [0.3, 0.4) is 0 Å². The third-order valence-electron chi connectivity index (χ3n) is 4.92. The molecule has 2 aliphatic rings. The van der Waals surface area contributed by atoms with Crippen molar-refractivity contribution in [1.29, 1.82) is 0 Å². The van der Waals surface area contributed by atoms with Crippen LogP contribution in [0.25, 0.3) is 0 Å². The topological polar surface area (TPSA) is 91.3 Å². The zero-order valence-electron chi connectivity index (χ0n) is 16.5. The highest BCUT2D eigenvalue weighted by molar-refractivity contribution is 7.90. The molecular formula is C19H28N4O4S. The predicted octanol–water partition coefficient (Wildman–Crippen LogP) is 1.48. The lowest BCUT2D eigenvalue weighted by molar-refractivity contribution is 0.0374. The van der Waals surface area contributed by atoms with Crippen LogP contribution in [0.2, 0.25) is 0 Å². The van der Waals surface area contributed by atoms with E-state index in [4.69, 9.17) is 4.74 Å². The molecule has 0 spiro atoms. The Kier molecular flexibility index (Phi) is 6.69. The van der Waals surface area contributed by atoms with E-state index in [1.54, 1.807) is 19.1 Å². The van der Waals surface area contributed by atoms with Gasteiger partial charge < -0.3 is 15.0 Å². The number of rotatable bonds is 7. The maximum atomic E-state index is 12.5. The van der Waals surface area contributed by atoms with E-state index >= 15 is 0 Å². The van der Waals surface area contributed by atoms with Crippen molar-refractivity contribution in [1.82, 2.24) is 10.2 Å². The van der Waals surface area contributed by atoms with Gasteiger partial charge in [0, 0.05) is 31.7 Å². The summed E-state index contributed by atoms with van der Waals surface area (Å²) >= 11 is 0. The summed E-state index contributed by atoms with van der Waals surface area (Å²) in [4.78, 5) is 16.8. The summed E-state index contributed by atoms with van der Waals surface area (Å²) in [6, 6.07) is 4.80. The first-order chi connectivity index (χ1) is 13.4. The molecule has 0 saturated carbocycles. The molecule has 154 valence electrons. The number of amidine groups is 1. The molecule has 1 N–H and O–H groups in total. The number of hydrogen-bond donors (Lipinski definition) is 1. The Morgan fingerprint density at radius 3 is 2.71 bits per heavy atom. The minimum absolute atomic E-state index is 0.0903. The van der Waals surface area contributed by atoms with E-state index in [0.717, 1.165) is 45.7 Å². The highest BCUT2D eigenvalue weighted by Crippen LogP contribution is 2.32.